The molecule has 1 unspecified atom stereocenters. The van der Waals surface area contributed by atoms with E-state index in [1.807, 2.05) is 6.92 Å². The van der Waals surface area contributed by atoms with Crippen LogP contribution in [-0.2, 0) is 4.79 Å². The molecule has 7 nitrogen and oxygen atoms in total. The van der Waals surface area contributed by atoms with Gasteiger partial charge in [0.25, 0.3) is 5.69 Å². The van der Waals surface area contributed by atoms with Gasteiger partial charge in [-0.15, -0.1) is 0 Å². The number of carbonyl (C=O) groups is 1. The fourth-order valence-corrected chi connectivity index (χ4v) is 1.70. The molecule has 0 fully saturated rings. The average Bonchev–Trinajstić information content (AvgIpc) is 2.42. The van der Waals surface area contributed by atoms with Gasteiger partial charge in [-0.1, -0.05) is 6.92 Å². The fraction of sp³-hybridized carbons (Fsp3) is 0.462. The fourth-order valence-electron chi connectivity index (χ4n) is 1.70. The Balaban J connectivity index is 2.67. The SMILES string of the molecule is COc1ccc(NCC(C)CCC(=O)O)c([N+](=O)[O-])c1. The third-order valence-electron chi connectivity index (χ3n) is 2.89. The zero-order chi connectivity index (χ0) is 15.1. The predicted octanol–water partition coefficient (Wildman–Crippen LogP) is 2.52. The topological polar surface area (TPSA) is 102 Å². The number of methoxy groups -OCH3 is 1. The molecule has 7 heteroatoms. The van der Waals surface area contributed by atoms with Crippen molar-refractivity contribution in [2.24, 2.45) is 5.92 Å². The van der Waals surface area contributed by atoms with Gasteiger partial charge in [0, 0.05) is 13.0 Å². The van der Waals surface area contributed by atoms with Crippen molar-refractivity contribution in [1.82, 2.24) is 0 Å². The van der Waals surface area contributed by atoms with E-state index in [9.17, 15) is 14.9 Å². The molecular weight excluding hydrogens is 264 g/mol. The van der Waals surface area contributed by atoms with Crippen LogP contribution in [0.25, 0.3) is 0 Å². The van der Waals surface area contributed by atoms with Gasteiger partial charge in [0.2, 0.25) is 0 Å². The lowest BCUT2D eigenvalue weighted by Gasteiger charge is -2.13. The van der Waals surface area contributed by atoms with E-state index in [-0.39, 0.29) is 18.0 Å². The highest BCUT2D eigenvalue weighted by Crippen LogP contribution is 2.29. The van der Waals surface area contributed by atoms with Crippen LogP contribution in [0.15, 0.2) is 18.2 Å². The summed E-state index contributed by atoms with van der Waals surface area (Å²) in [5.74, 6) is -0.318. The van der Waals surface area contributed by atoms with Crippen LogP contribution in [0.4, 0.5) is 11.4 Å². The lowest BCUT2D eigenvalue weighted by Crippen LogP contribution is -2.13. The van der Waals surface area contributed by atoms with Crippen molar-refractivity contribution in [2.45, 2.75) is 19.8 Å². The van der Waals surface area contributed by atoms with Crippen LogP contribution in [0.3, 0.4) is 0 Å². The van der Waals surface area contributed by atoms with Gasteiger partial charge >= 0.3 is 5.97 Å². The normalized spacial score (nSPS) is 11.7. The van der Waals surface area contributed by atoms with Crippen LogP contribution in [0, 0.1) is 16.0 Å². The smallest absolute Gasteiger partial charge is 0.303 e. The monoisotopic (exact) mass is 282 g/mol. The van der Waals surface area contributed by atoms with Crippen LogP contribution >= 0.6 is 0 Å². The van der Waals surface area contributed by atoms with Gasteiger partial charge in [-0.25, -0.2) is 0 Å². The van der Waals surface area contributed by atoms with Gasteiger partial charge < -0.3 is 15.2 Å². The second kappa shape index (κ2) is 7.32. The summed E-state index contributed by atoms with van der Waals surface area (Å²) in [5.41, 5.74) is 0.341. The zero-order valence-electron chi connectivity index (χ0n) is 11.5. The number of ether oxygens (including phenoxy) is 1. The molecule has 0 aliphatic rings. The van der Waals surface area contributed by atoms with Crippen LogP contribution in [0.1, 0.15) is 19.8 Å². The number of benzene rings is 1. The number of nitro benzene ring substituents is 1. The number of anilines is 1. The Labute approximate surface area is 116 Å². The molecule has 110 valence electrons. The quantitative estimate of drug-likeness (QED) is 0.561. The molecule has 1 atom stereocenters. The minimum absolute atomic E-state index is 0.0604. The van der Waals surface area contributed by atoms with E-state index in [1.54, 1.807) is 12.1 Å². The minimum Gasteiger partial charge on any atom is -0.496 e. The number of aliphatic carboxylic acids is 1. The summed E-state index contributed by atoms with van der Waals surface area (Å²) in [5, 5.41) is 22.6. The van der Waals surface area contributed by atoms with E-state index in [4.69, 9.17) is 9.84 Å². The first-order valence-electron chi connectivity index (χ1n) is 6.22. The summed E-state index contributed by atoms with van der Waals surface area (Å²) in [6.45, 7) is 2.37. The largest absolute Gasteiger partial charge is 0.496 e. The van der Waals surface area contributed by atoms with E-state index >= 15 is 0 Å². The molecule has 0 heterocycles. The molecule has 1 aromatic rings. The van der Waals surface area contributed by atoms with Crippen LogP contribution < -0.4 is 10.1 Å². The van der Waals surface area contributed by atoms with Crippen molar-refractivity contribution in [3.63, 3.8) is 0 Å². The number of carboxylic acids is 1. The number of nitro groups is 1. The molecule has 20 heavy (non-hydrogen) atoms. The molecule has 0 amide bonds. The van der Waals surface area contributed by atoms with Gasteiger partial charge in [-0.3, -0.25) is 14.9 Å². The molecule has 1 rings (SSSR count). The third kappa shape index (κ3) is 4.75. The number of hydrogen-bond donors (Lipinski definition) is 2. The Morgan fingerprint density at radius 2 is 2.25 bits per heavy atom. The highest BCUT2D eigenvalue weighted by Gasteiger charge is 2.15. The average molecular weight is 282 g/mol. The van der Waals surface area contributed by atoms with Gasteiger partial charge in [0.05, 0.1) is 18.1 Å². The Kier molecular flexibility index (Phi) is 5.76. The Bertz CT molecular complexity index is 490. The lowest BCUT2D eigenvalue weighted by atomic mass is 10.1. The summed E-state index contributed by atoms with van der Waals surface area (Å²) >= 11 is 0. The number of carboxylic acid groups (broad SMARTS) is 1. The predicted molar refractivity (Wildman–Crippen MR) is 74.2 cm³/mol. The zero-order valence-corrected chi connectivity index (χ0v) is 11.5. The molecule has 0 aliphatic heterocycles. The Morgan fingerprint density at radius 1 is 1.55 bits per heavy atom. The van der Waals surface area contributed by atoms with E-state index in [1.165, 1.54) is 13.2 Å². The summed E-state index contributed by atoms with van der Waals surface area (Å²) < 4.78 is 4.95. The second-order valence-electron chi connectivity index (χ2n) is 4.56. The number of nitrogens with zero attached hydrogens (tertiary/aromatic N) is 1. The Hall–Kier alpha value is -2.31. The summed E-state index contributed by atoms with van der Waals surface area (Å²) in [7, 11) is 1.44. The maximum atomic E-state index is 11.0. The van der Waals surface area contributed by atoms with Crippen molar-refractivity contribution in [1.29, 1.82) is 0 Å². The minimum atomic E-state index is -0.840. The first kappa shape index (κ1) is 15.7. The molecule has 1 aromatic carbocycles. The molecule has 0 bridgehead atoms. The number of rotatable bonds is 8. The van der Waals surface area contributed by atoms with Crippen molar-refractivity contribution in [2.75, 3.05) is 19.0 Å². The van der Waals surface area contributed by atoms with Gasteiger partial charge in [0.15, 0.2) is 0 Å². The molecule has 0 saturated heterocycles. The van der Waals surface area contributed by atoms with Crippen molar-refractivity contribution < 1.29 is 19.6 Å². The first-order chi connectivity index (χ1) is 9.43. The van der Waals surface area contributed by atoms with E-state index < -0.39 is 10.9 Å². The Morgan fingerprint density at radius 3 is 2.80 bits per heavy atom. The molecule has 0 aromatic heterocycles. The van der Waals surface area contributed by atoms with Crippen LogP contribution in [0.2, 0.25) is 0 Å². The lowest BCUT2D eigenvalue weighted by molar-refractivity contribution is -0.384. The molecule has 0 radical (unpaired) electrons. The molecule has 0 aliphatic carbocycles. The van der Waals surface area contributed by atoms with Crippen molar-refractivity contribution in [3.05, 3.63) is 28.3 Å². The van der Waals surface area contributed by atoms with Crippen molar-refractivity contribution in [3.8, 4) is 5.75 Å². The maximum Gasteiger partial charge on any atom is 0.303 e. The third-order valence-corrected chi connectivity index (χ3v) is 2.89. The second-order valence-corrected chi connectivity index (χ2v) is 4.56. The van der Waals surface area contributed by atoms with Crippen LogP contribution in [-0.4, -0.2) is 29.7 Å². The first-order valence-corrected chi connectivity index (χ1v) is 6.22. The van der Waals surface area contributed by atoms with E-state index in [0.29, 0.717) is 24.4 Å². The summed E-state index contributed by atoms with van der Waals surface area (Å²) in [4.78, 5) is 21.0. The highest BCUT2D eigenvalue weighted by atomic mass is 16.6. The number of hydrogen-bond acceptors (Lipinski definition) is 5. The maximum absolute atomic E-state index is 11.0. The van der Waals surface area contributed by atoms with E-state index in [0.717, 1.165) is 0 Å². The summed E-state index contributed by atoms with van der Waals surface area (Å²) in [6.07, 6.45) is 0.611. The molecular formula is C13H18N2O5. The van der Waals surface area contributed by atoms with Crippen LogP contribution in [0.5, 0.6) is 5.75 Å². The standard InChI is InChI=1S/C13H18N2O5/c1-9(3-6-13(16)17)8-14-11-5-4-10(20-2)7-12(11)15(18)19/h4-5,7,9,14H,3,6,8H2,1-2H3,(H,16,17). The molecule has 2 N–H and O–H groups in total. The van der Waals surface area contributed by atoms with Gasteiger partial charge in [-0.2, -0.15) is 0 Å². The van der Waals surface area contributed by atoms with Gasteiger partial charge in [-0.05, 0) is 24.5 Å². The number of nitrogens with one attached hydrogen (secondary N) is 1. The molecule has 0 saturated carbocycles. The van der Waals surface area contributed by atoms with Crippen molar-refractivity contribution >= 4 is 17.3 Å². The highest BCUT2D eigenvalue weighted by molar-refractivity contribution is 5.66. The summed E-state index contributed by atoms with van der Waals surface area (Å²) in [6, 6.07) is 4.57. The van der Waals surface area contributed by atoms with E-state index in [2.05, 4.69) is 5.32 Å². The molecule has 0 spiro atoms. The van der Waals surface area contributed by atoms with Gasteiger partial charge in [0.1, 0.15) is 11.4 Å².